The van der Waals surface area contributed by atoms with E-state index < -0.39 is 0 Å². The van der Waals surface area contributed by atoms with Crippen molar-refractivity contribution in [1.29, 1.82) is 0 Å². The summed E-state index contributed by atoms with van der Waals surface area (Å²) >= 11 is 0. The van der Waals surface area contributed by atoms with Gasteiger partial charge in [-0.1, -0.05) is 26.0 Å². The lowest BCUT2D eigenvalue weighted by Gasteiger charge is -2.10. The van der Waals surface area contributed by atoms with Gasteiger partial charge in [0.05, 0.1) is 0 Å². The third-order valence-corrected chi connectivity index (χ3v) is 4.50. The predicted molar refractivity (Wildman–Crippen MR) is 100.0 cm³/mol. The second kappa shape index (κ2) is 6.74. The highest BCUT2D eigenvalue weighted by molar-refractivity contribution is 5.92. The Kier molecular flexibility index (Phi) is 4.28. The van der Waals surface area contributed by atoms with Gasteiger partial charge in [0.15, 0.2) is 5.82 Å². The highest BCUT2D eigenvalue weighted by atomic mass is 16.1. The second-order valence-electron chi connectivity index (χ2n) is 7.00. The Bertz CT molecular complexity index is 927. The number of hydrogen-bond donors (Lipinski definition) is 2. The summed E-state index contributed by atoms with van der Waals surface area (Å²) in [6.45, 7) is 4.37. The molecule has 1 aliphatic rings. The van der Waals surface area contributed by atoms with Gasteiger partial charge in [-0.05, 0) is 30.5 Å². The zero-order valence-electron chi connectivity index (χ0n) is 14.9. The summed E-state index contributed by atoms with van der Waals surface area (Å²) in [5, 5.41) is 14.8. The molecule has 3 aromatic rings. The maximum absolute atomic E-state index is 11.7. The maximum atomic E-state index is 11.7. The lowest BCUT2D eigenvalue weighted by molar-refractivity contribution is -0.118. The number of amides is 1. The lowest BCUT2D eigenvalue weighted by atomic mass is 10.1. The Morgan fingerprint density at radius 1 is 1.23 bits per heavy atom. The molecular weight excluding hydrogens is 328 g/mol. The molecule has 4 rings (SSSR count). The largest absolute Gasteiger partial charge is 0.363 e. The van der Waals surface area contributed by atoms with Gasteiger partial charge in [0, 0.05) is 36.5 Å². The zero-order valence-corrected chi connectivity index (χ0v) is 14.9. The van der Waals surface area contributed by atoms with Gasteiger partial charge >= 0.3 is 0 Å². The molecule has 0 bridgehead atoms. The first-order valence-corrected chi connectivity index (χ1v) is 8.95. The Balaban J connectivity index is 1.44. The van der Waals surface area contributed by atoms with E-state index >= 15 is 0 Å². The van der Waals surface area contributed by atoms with Crippen LogP contribution in [-0.4, -0.2) is 25.5 Å². The molecule has 1 aromatic carbocycles. The lowest BCUT2D eigenvalue weighted by Crippen LogP contribution is -2.17. The van der Waals surface area contributed by atoms with Crippen molar-refractivity contribution in [2.75, 3.05) is 10.6 Å². The Hall–Kier alpha value is -2.96. The molecule has 7 nitrogen and oxygen atoms in total. The van der Waals surface area contributed by atoms with Gasteiger partial charge in [-0.3, -0.25) is 9.20 Å². The van der Waals surface area contributed by atoms with Crippen molar-refractivity contribution in [2.24, 2.45) is 5.92 Å². The summed E-state index contributed by atoms with van der Waals surface area (Å²) in [7, 11) is 0. The summed E-state index contributed by atoms with van der Waals surface area (Å²) in [6, 6.07) is 7.80. The van der Waals surface area contributed by atoms with Crippen molar-refractivity contribution in [3.05, 3.63) is 48.0 Å². The molecule has 2 aromatic heterocycles. The van der Waals surface area contributed by atoms with Gasteiger partial charge < -0.3 is 10.6 Å². The van der Waals surface area contributed by atoms with Crippen LogP contribution in [0.4, 0.5) is 11.5 Å². The minimum atomic E-state index is -0.0356. The van der Waals surface area contributed by atoms with Crippen LogP contribution in [-0.2, 0) is 11.3 Å². The molecule has 7 heteroatoms. The van der Waals surface area contributed by atoms with E-state index in [-0.39, 0.29) is 11.8 Å². The monoisotopic (exact) mass is 350 g/mol. The van der Waals surface area contributed by atoms with Crippen molar-refractivity contribution in [2.45, 2.75) is 39.2 Å². The van der Waals surface area contributed by atoms with E-state index in [0.29, 0.717) is 12.5 Å². The average molecular weight is 350 g/mol. The molecule has 0 aliphatic heterocycles. The van der Waals surface area contributed by atoms with E-state index in [9.17, 15) is 4.79 Å². The van der Waals surface area contributed by atoms with E-state index in [2.05, 4.69) is 25.8 Å². The molecule has 0 saturated heterocycles. The van der Waals surface area contributed by atoms with Crippen LogP contribution in [0.5, 0.6) is 0 Å². The molecule has 1 saturated carbocycles. The fourth-order valence-corrected chi connectivity index (χ4v) is 2.77. The van der Waals surface area contributed by atoms with Crippen molar-refractivity contribution < 1.29 is 4.79 Å². The highest BCUT2D eigenvalue weighted by Gasteiger charge is 2.29. The molecule has 0 radical (unpaired) electrons. The number of anilines is 2. The molecule has 26 heavy (non-hydrogen) atoms. The van der Waals surface area contributed by atoms with Crippen molar-refractivity contribution in [1.82, 2.24) is 19.6 Å². The number of carbonyl (C=O) groups excluding carboxylic acids is 1. The predicted octanol–water partition coefficient (Wildman–Crippen LogP) is 3.21. The van der Waals surface area contributed by atoms with Crippen LogP contribution < -0.4 is 10.6 Å². The SMILES string of the molecule is CC(C)C(=O)Nc1ccc(CNc2nccn3c(C4CC4)nnc23)cc1. The van der Waals surface area contributed by atoms with Gasteiger partial charge in [-0.15, -0.1) is 10.2 Å². The Labute approximate surface area is 151 Å². The first-order chi connectivity index (χ1) is 12.6. The van der Waals surface area contributed by atoms with Gasteiger partial charge in [0.25, 0.3) is 0 Å². The minimum absolute atomic E-state index is 0.0185. The van der Waals surface area contributed by atoms with Crippen LogP contribution in [0.15, 0.2) is 36.7 Å². The third-order valence-electron chi connectivity index (χ3n) is 4.50. The fourth-order valence-electron chi connectivity index (χ4n) is 2.77. The number of nitrogens with zero attached hydrogens (tertiary/aromatic N) is 4. The van der Waals surface area contributed by atoms with Crippen molar-refractivity contribution in [3.8, 4) is 0 Å². The number of aromatic nitrogens is 4. The van der Waals surface area contributed by atoms with Gasteiger partial charge in [0.2, 0.25) is 11.6 Å². The van der Waals surface area contributed by atoms with E-state index in [4.69, 9.17) is 0 Å². The fraction of sp³-hybridized carbons (Fsp3) is 0.368. The first-order valence-electron chi connectivity index (χ1n) is 8.95. The molecular formula is C19H22N6O. The van der Waals surface area contributed by atoms with Gasteiger partial charge in [-0.25, -0.2) is 4.98 Å². The van der Waals surface area contributed by atoms with Crippen LogP contribution in [0, 0.1) is 5.92 Å². The number of hydrogen-bond acceptors (Lipinski definition) is 5. The van der Waals surface area contributed by atoms with E-state index in [1.165, 1.54) is 12.8 Å². The first kappa shape index (κ1) is 16.5. The molecule has 0 unspecified atom stereocenters. The quantitative estimate of drug-likeness (QED) is 0.713. The normalized spacial score (nSPS) is 14.0. The smallest absolute Gasteiger partial charge is 0.226 e. The summed E-state index contributed by atoms with van der Waals surface area (Å²) in [5.74, 6) is 2.27. The molecule has 2 N–H and O–H groups in total. The second-order valence-corrected chi connectivity index (χ2v) is 7.00. The van der Waals surface area contributed by atoms with E-state index in [1.54, 1.807) is 6.20 Å². The topological polar surface area (TPSA) is 84.2 Å². The summed E-state index contributed by atoms with van der Waals surface area (Å²) < 4.78 is 2.03. The van der Waals surface area contributed by atoms with Gasteiger partial charge in [-0.2, -0.15) is 0 Å². The van der Waals surface area contributed by atoms with Crippen LogP contribution in [0.3, 0.4) is 0 Å². The molecule has 0 spiro atoms. The van der Waals surface area contributed by atoms with E-state index in [0.717, 1.165) is 28.5 Å². The third kappa shape index (κ3) is 3.37. The van der Waals surface area contributed by atoms with Crippen molar-refractivity contribution in [3.63, 3.8) is 0 Å². The summed E-state index contributed by atoms with van der Waals surface area (Å²) in [6.07, 6.45) is 6.06. The number of fused-ring (bicyclic) bond motifs is 1. The number of rotatable bonds is 6. The van der Waals surface area contributed by atoms with E-state index in [1.807, 2.05) is 48.7 Å². The Morgan fingerprint density at radius 3 is 2.69 bits per heavy atom. The minimum Gasteiger partial charge on any atom is -0.363 e. The van der Waals surface area contributed by atoms with Crippen LogP contribution in [0.2, 0.25) is 0 Å². The zero-order chi connectivity index (χ0) is 18.1. The van der Waals surface area contributed by atoms with Gasteiger partial charge in [0.1, 0.15) is 5.82 Å². The van der Waals surface area contributed by atoms with Crippen LogP contribution >= 0.6 is 0 Å². The van der Waals surface area contributed by atoms with Crippen LogP contribution in [0.25, 0.3) is 5.65 Å². The summed E-state index contributed by atoms with van der Waals surface area (Å²) in [4.78, 5) is 16.1. The number of benzene rings is 1. The molecule has 1 amide bonds. The van der Waals surface area contributed by atoms with Crippen LogP contribution in [0.1, 0.15) is 44.0 Å². The van der Waals surface area contributed by atoms with Crippen molar-refractivity contribution >= 4 is 23.1 Å². The molecule has 1 aliphatic carbocycles. The molecule has 2 heterocycles. The molecule has 0 atom stereocenters. The molecule has 134 valence electrons. The number of nitrogens with one attached hydrogen (secondary N) is 2. The summed E-state index contributed by atoms with van der Waals surface area (Å²) in [5.41, 5.74) is 2.66. The maximum Gasteiger partial charge on any atom is 0.226 e. The standard InChI is InChI=1S/C19H22N6O/c1-12(2)19(26)22-15-7-3-13(4-8-15)11-21-16-18-24-23-17(14-5-6-14)25(18)10-9-20-16/h3-4,7-10,12,14H,5-6,11H2,1-2H3,(H,20,21)(H,22,26). The highest BCUT2D eigenvalue weighted by Crippen LogP contribution is 2.39. The molecule has 1 fully saturated rings. The number of carbonyl (C=O) groups is 1. The Morgan fingerprint density at radius 2 is 2.00 bits per heavy atom. The average Bonchev–Trinajstić information content (AvgIpc) is 3.39.